The Labute approximate surface area is 173 Å². The van der Waals surface area contributed by atoms with Gasteiger partial charge in [0.05, 0.1) is 20.4 Å². The van der Waals surface area contributed by atoms with E-state index in [1.165, 1.54) is 6.20 Å². The summed E-state index contributed by atoms with van der Waals surface area (Å²) in [6.45, 7) is 0.475. The lowest BCUT2D eigenvalue weighted by molar-refractivity contribution is 0.102. The number of hydrogen-bond acceptors (Lipinski definition) is 6. The molecule has 8 nitrogen and oxygen atoms in total. The maximum Gasteiger partial charge on any atom is 0.261 e. The van der Waals surface area contributed by atoms with E-state index in [-0.39, 0.29) is 5.91 Å². The number of aromatic nitrogens is 3. The Balaban J connectivity index is 1.55. The number of anilines is 2. The van der Waals surface area contributed by atoms with Gasteiger partial charge < -0.3 is 20.1 Å². The topological polar surface area (TPSA) is 89.8 Å². The number of ether oxygens (including phenoxy) is 2. The van der Waals surface area contributed by atoms with Crippen LogP contribution < -0.4 is 20.1 Å². The Morgan fingerprint density at radius 2 is 1.90 bits per heavy atom. The van der Waals surface area contributed by atoms with Gasteiger partial charge in [-0.25, -0.2) is 9.50 Å². The lowest BCUT2D eigenvalue weighted by Gasteiger charge is -2.12. The van der Waals surface area contributed by atoms with Crippen LogP contribution in [0.5, 0.6) is 11.5 Å². The molecule has 0 radical (unpaired) electrons. The van der Waals surface area contributed by atoms with Crippen molar-refractivity contribution in [2.45, 2.75) is 6.54 Å². The van der Waals surface area contributed by atoms with Gasteiger partial charge >= 0.3 is 0 Å². The fourth-order valence-electron chi connectivity index (χ4n) is 3.05. The van der Waals surface area contributed by atoms with Crippen molar-refractivity contribution < 1.29 is 14.3 Å². The van der Waals surface area contributed by atoms with Gasteiger partial charge in [0.2, 0.25) is 0 Å². The van der Waals surface area contributed by atoms with Gasteiger partial charge in [-0.05, 0) is 36.4 Å². The van der Waals surface area contributed by atoms with Crippen molar-refractivity contribution in [1.29, 1.82) is 0 Å². The molecule has 0 aliphatic carbocycles. The molecule has 4 rings (SSSR count). The Bertz CT molecular complexity index is 1170. The van der Waals surface area contributed by atoms with E-state index in [9.17, 15) is 4.79 Å². The van der Waals surface area contributed by atoms with Crippen molar-refractivity contribution in [3.05, 3.63) is 78.1 Å². The maximum atomic E-state index is 12.7. The molecular weight excluding hydrogens is 382 g/mol. The monoisotopic (exact) mass is 403 g/mol. The van der Waals surface area contributed by atoms with Gasteiger partial charge in [0.25, 0.3) is 5.91 Å². The largest absolute Gasteiger partial charge is 0.497 e. The number of rotatable bonds is 7. The number of nitrogens with one attached hydrogen (secondary N) is 2. The van der Waals surface area contributed by atoms with Gasteiger partial charge in [0.1, 0.15) is 22.9 Å². The number of methoxy groups -OCH3 is 2. The molecule has 0 spiro atoms. The molecule has 2 heterocycles. The number of carbonyl (C=O) groups excluding carboxylic acids is 1. The van der Waals surface area contributed by atoms with Crippen LogP contribution in [0.1, 0.15) is 15.9 Å². The molecule has 0 aliphatic heterocycles. The molecule has 0 fully saturated rings. The Kier molecular flexibility index (Phi) is 5.47. The molecule has 2 N–H and O–H groups in total. The van der Waals surface area contributed by atoms with Crippen LogP contribution in [0.3, 0.4) is 0 Å². The summed E-state index contributed by atoms with van der Waals surface area (Å²) in [5.74, 6) is 1.83. The van der Waals surface area contributed by atoms with Gasteiger partial charge in [-0.15, -0.1) is 0 Å². The van der Waals surface area contributed by atoms with E-state index >= 15 is 0 Å². The third kappa shape index (κ3) is 4.02. The summed E-state index contributed by atoms with van der Waals surface area (Å²) in [6, 6.07) is 16.7. The van der Waals surface area contributed by atoms with E-state index in [0.717, 1.165) is 17.1 Å². The van der Waals surface area contributed by atoms with Crippen LogP contribution >= 0.6 is 0 Å². The van der Waals surface area contributed by atoms with Crippen molar-refractivity contribution in [1.82, 2.24) is 14.6 Å². The number of amides is 1. The van der Waals surface area contributed by atoms with E-state index in [1.807, 2.05) is 48.5 Å². The second-order valence-electron chi connectivity index (χ2n) is 6.49. The summed E-state index contributed by atoms with van der Waals surface area (Å²) >= 11 is 0. The van der Waals surface area contributed by atoms with E-state index < -0.39 is 0 Å². The van der Waals surface area contributed by atoms with E-state index in [4.69, 9.17) is 9.47 Å². The van der Waals surface area contributed by atoms with Crippen molar-refractivity contribution in [2.75, 3.05) is 24.9 Å². The quantitative estimate of drug-likeness (QED) is 0.490. The molecule has 0 atom stereocenters. The van der Waals surface area contributed by atoms with Gasteiger partial charge in [0, 0.05) is 24.0 Å². The third-order valence-electron chi connectivity index (χ3n) is 4.59. The minimum absolute atomic E-state index is 0.268. The fraction of sp³-hybridized carbons (Fsp3) is 0.136. The average molecular weight is 403 g/mol. The summed E-state index contributed by atoms with van der Waals surface area (Å²) in [4.78, 5) is 17.2. The average Bonchev–Trinajstić information content (AvgIpc) is 3.21. The summed E-state index contributed by atoms with van der Waals surface area (Å²) < 4.78 is 12.3. The molecule has 0 saturated carbocycles. The molecule has 0 aliphatic rings. The number of carbonyl (C=O) groups is 1. The van der Waals surface area contributed by atoms with E-state index in [1.54, 1.807) is 31.0 Å². The number of para-hydroxylation sites is 1. The highest BCUT2D eigenvalue weighted by Crippen LogP contribution is 2.25. The first-order valence-corrected chi connectivity index (χ1v) is 9.33. The van der Waals surface area contributed by atoms with Crippen LogP contribution in [0, 0.1) is 0 Å². The lowest BCUT2D eigenvalue weighted by atomic mass is 10.2. The molecule has 4 aromatic rings. The number of benzene rings is 2. The van der Waals surface area contributed by atoms with Crippen molar-refractivity contribution >= 4 is 23.1 Å². The smallest absolute Gasteiger partial charge is 0.261 e. The van der Waals surface area contributed by atoms with Gasteiger partial charge in [-0.1, -0.05) is 18.2 Å². The predicted molar refractivity (Wildman–Crippen MR) is 114 cm³/mol. The first kappa shape index (κ1) is 19.3. The predicted octanol–water partition coefficient (Wildman–Crippen LogP) is 3.61. The molecule has 0 saturated heterocycles. The maximum absolute atomic E-state index is 12.7. The molecule has 1 amide bonds. The first-order chi connectivity index (χ1) is 14.7. The minimum atomic E-state index is -0.268. The molecule has 8 heteroatoms. The highest BCUT2D eigenvalue weighted by atomic mass is 16.5. The normalized spacial score (nSPS) is 10.6. The summed E-state index contributed by atoms with van der Waals surface area (Å²) in [5, 5.41) is 10.3. The van der Waals surface area contributed by atoms with Crippen molar-refractivity contribution in [2.24, 2.45) is 0 Å². The zero-order chi connectivity index (χ0) is 20.9. The molecule has 2 aromatic heterocycles. The van der Waals surface area contributed by atoms with Crippen LogP contribution in [0.2, 0.25) is 0 Å². The Morgan fingerprint density at radius 1 is 1.07 bits per heavy atom. The highest BCUT2D eigenvalue weighted by Gasteiger charge is 2.15. The van der Waals surface area contributed by atoms with Crippen LogP contribution in [0.25, 0.3) is 5.65 Å². The fourth-order valence-corrected chi connectivity index (χ4v) is 3.05. The standard InChI is InChI=1S/C22H21N5O3/c1-29-17-8-9-19(30-2)15(12-17)13-23-20-10-11-27-21(26-20)18(14-24-27)22(28)25-16-6-4-3-5-7-16/h3-12,14H,13H2,1-2H3,(H,23,26)(H,25,28). The SMILES string of the molecule is COc1ccc(OC)c(CNc2ccn3ncc(C(=O)Nc4ccccc4)c3n2)c1. The number of fused-ring (bicyclic) bond motifs is 1. The van der Waals surface area contributed by atoms with Crippen LogP contribution in [-0.4, -0.2) is 34.7 Å². The lowest BCUT2D eigenvalue weighted by Crippen LogP contribution is -2.12. The summed E-state index contributed by atoms with van der Waals surface area (Å²) in [5.41, 5.74) is 2.49. The zero-order valence-electron chi connectivity index (χ0n) is 16.6. The van der Waals surface area contributed by atoms with Crippen LogP contribution in [0.15, 0.2) is 67.0 Å². The summed E-state index contributed by atoms with van der Waals surface area (Å²) in [6.07, 6.45) is 3.27. The van der Waals surface area contributed by atoms with Gasteiger partial charge in [0.15, 0.2) is 5.65 Å². The second-order valence-corrected chi connectivity index (χ2v) is 6.49. The van der Waals surface area contributed by atoms with Gasteiger partial charge in [-0.3, -0.25) is 4.79 Å². The van der Waals surface area contributed by atoms with Gasteiger partial charge in [-0.2, -0.15) is 5.10 Å². The van der Waals surface area contributed by atoms with Crippen LogP contribution in [-0.2, 0) is 6.54 Å². The Hall–Kier alpha value is -4.07. The highest BCUT2D eigenvalue weighted by molar-refractivity contribution is 6.08. The van der Waals surface area contributed by atoms with E-state index in [2.05, 4.69) is 20.7 Å². The Morgan fingerprint density at radius 3 is 2.67 bits per heavy atom. The number of nitrogens with zero attached hydrogens (tertiary/aromatic N) is 3. The second kappa shape index (κ2) is 8.52. The minimum Gasteiger partial charge on any atom is -0.497 e. The first-order valence-electron chi connectivity index (χ1n) is 9.33. The number of hydrogen-bond donors (Lipinski definition) is 2. The van der Waals surface area contributed by atoms with E-state index in [0.29, 0.717) is 29.3 Å². The summed E-state index contributed by atoms with van der Waals surface area (Å²) in [7, 11) is 3.25. The van der Waals surface area contributed by atoms with Crippen molar-refractivity contribution in [3.8, 4) is 11.5 Å². The van der Waals surface area contributed by atoms with Crippen molar-refractivity contribution in [3.63, 3.8) is 0 Å². The molecule has 0 bridgehead atoms. The zero-order valence-corrected chi connectivity index (χ0v) is 16.6. The third-order valence-corrected chi connectivity index (χ3v) is 4.59. The molecular formula is C22H21N5O3. The molecule has 0 unspecified atom stereocenters. The molecule has 2 aromatic carbocycles. The molecule has 30 heavy (non-hydrogen) atoms. The molecule has 152 valence electrons. The van der Waals surface area contributed by atoms with Crippen LogP contribution in [0.4, 0.5) is 11.5 Å².